The molecule has 20 heavy (non-hydrogen) atoms. The molecule has 0 aliphatic carbocycles. The molecule has 2 N–H and O–H groups in total. The average molecular weight is 292 g/mol. The van der Waals surface area contributed by atoms with Crippen molar-refractivity contribution in [2.24, 2.45) is 0 Å². The van der Waals surface area contributed by atoms with Crippen LogP contribution in [0.1, 0.15) is 17.3 Å². The molecule has 0 bridgehead atoms. The number of ether oxygens (including phenoxy) is 2. The summed E-state index contributed by atoms with van der Waals surface area (Å²) in [5.41, 5.74) is 6.66. The van der Waals surface area contributed by atoms with Gasteiger partial charge in [0, 0.05) is 5.69 Å². The Hall–Kier alpha value is -2.20. The van der Waals surface area contributed by atoms with Crippen LogP contribution in [0.3, 0.4) is 0 Å². The Bertz CT molecular complexity index is 611. The van der Waals surface area contributed by atoms with Gasteiger partial charge < -0.3 is 15.2 Å². The summed E-state index contributed by atoms with van der Waals surface area (Å²) in [5, 5.41) is 0.430. The van der Waals surface area contributed by atoms with Crippen LogP contribution in [0.25, 0.3) is 0 Å². The van der Waals surface area contributed by atoms with Crippen LogP contribution in [0.5, 0.6) is 11.5 Å². The van der Waals surface area contributed by atoms with Crippen molar-refractivity contribution in [1.82, 2.24) is 0 Å². The van der Waals surface area contributed by atoms with Crippen LogP contribution in [0.4, 0.5) is 5.69 Å². The first-order chi connectivity index (χ1) is 9.60. The zero-order chi connectivity index (χ0) is 14.5. The molecule has 2 aromatic rings. The van der Waals surface area contributed by atoms with E-state index >= 15 is 0 Å². The highest BCUT2D eigenvalue weighted by Crippen LogP contribution is 2.30. The van der Waals surface area contributed by atoms with Gasteiger partial charge in [0.25, 0.3) is 0 Å². The first-order valence-corrected chi connectivity index (χ1v) is 6.48. The van der Waals surface area contributed by atoms with E-state index in [-0.39, 0.29) is 5.97 Å². The van der Waals surface area contributed by atoms with Crippen molar-refractivity contribution in [1.29, 1.82) is 0 Å². The predicted octanol–water partition coefficient (Wildman–Crippen LogP) is 3.89. The molecule has 0 radical (unpaired) electrons. The summed E-state index contributed by atoms with van der Waals surface area (Å²) in [6.07, 6.45) is 0. The molecule has 0 saturated heterocycles. The lowest BCUT2D eigenvalue weighted by atomic mass is 10.2. The largest absolute Gasteiger partial charge is 0.462 e. The minimum Gasteiger partial charge on any atom is -0.462 e. The van der Waals surface area contributed by atoms with Crippen LogP contribution in [0, 0.1) is 0 Å². The summed E-state index contributed by atoms with van der Waals surface area (Å²) in [6.45, 7) is 2.11. The minimum absolute atomic E-state index is 0.345. The third-order valence-corrected chi connectivity index (χ3v) is 2.84. The first-order valence-electron chi connectivity index (χ1n) is 6.10. The molecule has 0 aliphatic heterocycles. The lowest BCUT2D eigenvalue weighted by molar-refractivity contribution is 0.0526. The summed E-state index contributed by atoms with van der Waals surface area (Å²) >= 11 is 6.02. The van der Waals surface area contributed by atoms with Crippen molar-refractivity contribution >= 4 is 23.3 Å². The molecular weight excluding hydrogens is 278 g/mol. The van der Waals surface area contributed by atoms with Crippen molar-refractivity contribution in [3.8, 4) is 11.5 Å². The maximum atomic E-state index is 11.5. The van der Waals surface area contributed by atoms with Gasteiger partial charge in [-0.3, -0.25) is 0 Å². The Labute approximate surface area is 122 Å². The highest BCUT2D eigenvalue weighted by molar-refractivity contribution is 6.32. The lowest BCUT2D eigenvalue weighted by Crippen LogP contribution is -2.04. The molecule has 0 aromatic heterocycles. The quantitative estimate of drug-likeness (QED) is 0.686. The number of halogens is 1. The lowest BCUT2D eigenvalue weighted by Gasteiger charge is -2.08. The van der Waals surface area contributed by atoms with E-state index in [2.05, 4.69) is 0 Å². The third kappa shape index (κ3) is 3.42. The van der Waals surface area contributed by atoms with Crippen molar-refractivity contribution in [2.75, 3.05) is 12.3 Å². The maximum absolute atomic E-state index is 11.5. The van der Waals surface area contributed by atoms with Crippen molar-refractivity contribution < 1.29 is 14.3 Å². The van der Waals surface area contributed by atoms with Gasteiger partial charge >= 0.3 is 5.97 Å². The smallest absolute Gasteiger partial charge is 0.338 e. The molecule has 0 unspecified atom stereocenters. The van der Waals surface area contributed by atoms with E-state index in [0.717, 1.165) is 0 Å². The van der Waals surface area contributed by atoms with Crippen LogP contribution < -0.4 is 10.5 Å². The normalized spacial score (nSPS) is 10.1. The second-order valence-corrected chi connectivity index (χ2v) is 4.44. The molecule has 4 nitrogen and oxygen atoms in total. The molecule has 0 aliphatic rings. The Morgan fingerprint density at radius 3 is 2.50 bits per heavy atom. The average Bonchev–Trinajstić information content (AvgIpc) is 2.43. The third-order valence-electron chi connectivity index (χ3n) is 2.55. The van der Waals surface area contributed by atoms with Gasteiger partial charge in [-0.05, 0) is 49.4 Å². The van der Waals surface area contributed by atoms with Gasteiger partial charge in [0.2, 0.25) is 0 Å². The number of nitrogens with two attached hydrogens (primary N) is 1. The highest BCUT2D eigenvalue weighted by Gasteiger charge is 2.07. The number of hydrogen-bond donors (Lipinski definition) is 1. The van der Waals surface area contributed by atoms with Gasteiger partial charge in [-0.1, -0.05) is 11.6 Å². The highest BCUT2D eigenvalue weighted by atomic mass is 35.5. The summed E-state index contributed by atoms with van der Waals surface area (Å²) in [5.74, 6) is 0.721. The van der Waals surface area contributed by atoms with E-state index in [1.54, 1.807) is 49.4 Å². The van der Waals surface area contributed by atoms with E-state index in [9.17, 15) is 4.79 Å². The zero-order valence-corrected chi connectivity index (χ0v) is 11.7. The fourth-order valence-electron chi connectivity index (χ4n) is 1.60. The van der Waals surface area contributed by atoms with Crippen molar-refractivity contribution in [3.05, 3.63) is 53.1 Å². The molecular formula is C15H14ClNO3. The van der Waals surface area contributed by atoms with Crippen LogP contribution in [-0.4, -0.2) is 12.6 Å². The van der Waals surface area contributed by atoms with Crippen LogP contribution >= 0.6 is 11.6 Å². The fourth-order valence-corrected chi connectivity index (χ4v) is 1.83. The van der Waals surface area contributed by atoms with Gasteiger partial charge in [0.05, 0.1) is 17.2 Å². The number of carbonyl (C=O) groups is 1. The fraction of sp³-hybridized carbons (Fsp3) is 0.133. The van der Waals surface area contributed by atoms with Gasteiger partial charge in [0.15, 0.2) is 0 Å². The van der Waals surface area contributed by atoms with Crippen LogP contribution in [0.15, 0.2) is 42.5 Å². The van der Waals surface area contributed by atoms with E-state index < -0.39 is 0 Å². The van der Waals surface area contributed by atoms with Gasteiger partial charge in [0.1, 0.15) is 11.5 Å². The number of anilines is 1. The number of esters is 1. The molecule has 0 atom stereocenters. The number of nitrogen functional groups attached to an aromatic ring is 1. The monoisotopic (exact) mass is 291 g/mol. The second kappa shape index (κ2) is 6.30. The molecule has 0 fully saturated rings. The molecule has 2 rings (SSSR count). The second-order valence-electron chi connectivity index (χ2n) is 4.04. The Kier molecular flexibility index (Phi) is 4.48. The molecule has 0 heterocycles. The molecule has 0 saturated carbocycles. The summed E-state index contributed by atoms with van der Waals surface area (Å²) in [6, 6.07) is 11.6. The summed E-state index contributed by atoms with van der Waals surface area (Å²) in [4.78, 5) is 11.5. The van der Waals surface area contributed by atoms with E-state index in [1.165, 1.54) is 0 Å². The Morgan fingerprint density at radius 1 is 1.20 bits per heavy atom. The SMILES string of the molecule is CCOC(=O)c1ccc(Oc2ccc(N)cc2Cl)cc1. The maximum Gasteiger partial charge on any atom is 0.338 e. The topological polar surface area (TPSA) is 61.5 Å². The van der Waals surface area contributed by atoms with E-state index in [1.807, 2.05) is 0 Å². The molecule has 104 valence electrons. The number of carbonyl (C=O) groups excluding carboxylic acids is 1. The summed E-state index contributed by atoms with van der Waals surface area (Å²) in [7, 11) is 0. The predicted molar refractivity (Wildman–Crippen MR) is 78.3 cm³/mol. The van der Waals surface area contributed by atoms with E-state index in [0.29, 0.717) is 34.4 Å². The first kappa shape index (κ1) is 14.2. The zero-order valence-electron chi connectivity index (χ0n) is 10.9. The molecule has 0 spiro atoms. The van der Waals surface area contributed by atoms with Crippen LogP contribution in [0.2, 0.25) is 5.02 Å². The Morgan fingerprint density at radius 2 is 1.90 bits per heavy atom. The van der Waals surface area contributed by atoms with Gasteiger partial charge in [-0.2, -0.15) is 0 Å². The Balaban J connectivity index is 2.12. The van der Waals surface area contributed by atoms with Crippen molar-refractivity contribution in [2.45, 2.75) is 6.92 Å². The standard InChI is InChI=1S/C15H14ClNO3/c1-2-19-15(18)10-3-6-12(7-4-10)20-14-8-5-11(17)9-13(14)16/h3-9H,2,17H2,1H3. The molecule has 5 heteroatoms. The number of benzene rings is 2. The summed E-state index contributed by atoms with van der Waals surface area (Å²) < 4.78 is 10.5. The van der Waals surface area contributed by atoms with Gasteiger partial charge in [-0.15, -0.1) is 0 Å². The molecule has 2 aromatic carbocycles. The van der Waals surface area contributed by atoms with Crippen molar-refractivity contribution in [3.63, 3.8) is 0 Å². The number of rotatable bonds is 4. The van der Waals surface area contributed by atoms with Gasteiger partial charge in [-0.25, -0.2) is 4.79 Å². The molecule has 0 amide bonds. The minimum atomic E-state index is -0.357. The van der Waals surface area contributed by atoms with Crippen LogP contribution in [-0.2, 0) is 4.74 Å². The van der Waals surface area contributed by atoms with E-state index in [4.69, 9.17) is 26.8 Å². The number of hydrogen-bond acceptors (Lipinski definition) is 4.